The Bertz CT molecular complexity index is 603. The fraction of sp³-hybridized carbons (Fsp3) is 0.579. The number of carbonyl (C=O) groups is 4. The third kappa shape index (κ3) is 14.7. The Morgan fingerprint density at radius 1 is 0.793 bits per heavy atom. The lowest BCUT2D eigenvalue weighted by atomic mass is 10.2. The molecule has 1 unspecified atom stereocenters. The zero-order valence-electron chi connectivity index (χ0n) is 17.2. The average molecular weight is 414 g/mol. The first kappa shape index (κ1) is 26.0. The summed E-state index contributed by atoms with van der Waals surface area (Å²) in [4.78, 5) is 45.3. The van der Waals surface area contributed by atoms with E-state index in [-0.39, 0.29) is 50.2 Å². The molecule has 0 aliphatic rings. The highest BCUT2D eigenvalue weighted by molar-refractivity contribution is 5.87. The van der Waals surface area contributed by atoms with Crippen molar-refractivity contribution in [2.45, 2.75) is 39.7 Å². The molecule has 0 saturated heterocycles. The number of esters is 2. The van der Waals surface area contributed by atoms with Gasteiger partial charge in [-0.3, -0.25) is 0 Å². The quantitative estimate of drug-likeness (QED) is 0.202. The lowest BCUT2D eigenvalue weighted by Gasteiger charge is -2.14. The van der Waals surface area contributed by atoms with Crippen molar-refractivity contribution in [3.8, 4) is 0 Å². The molecule has 29 heavy (non-hydrogen) atoms. The zero-order valence-corrected chi connectivity index (χ0v) is 17.2. The fourth-order valence-electron chi connectivity index (χ4n) is 1.71. The van der Waals surface area contributed by atoms with Gasteiger partial charge in [0.25, 0.3) is 0 Å². The molecule has 0 radical (unpaired) electrons. The molecule has 0 aliphatic carbocycles. The van der Waals surface area contributed by atoms with Crippen LogP contribution in [0.25, 0.3) is 0 Å². The second-order valence-electron chi connectivity index (χ2n) is 6.18. The van der Waals surface area contributed by atoms with Crippen LogP contribution < -0.4 is 10.6 Å². The van der Waals surface area contributed by atoms with Crippen LogP contribution in [-0.4, -0.2) is 63.1 Å². The summed E-state index contributed by atoms with van der Waals surface area (Å²) in [5, 5.41) is 4.89. The molecular weight excluding hydrogens is 384 g/mol. The van der Waals surface area contributed by atoms with Crippen molar-refractivity contribution >= 4 is 24.1 Å². The van der Waals surface area contributed by atoms with E-state index in [1.807, 2.05) is 0 Å². The molecule has 0 aromatic rings. The van der Waals surface area contributed by atoms with Crippen LogP contribution in [0.4, 0.5) is 9.59 Å². The van der Waals surface area contributed by atoms with Gasteiger partial charge in [0, 0.05) is 11.1 Å². The minimum atomic E-state index is -0.633. The molecule has 1 atom stereocenters. The van der Waals surface area contributed by atoms with Crippen LogP contribution in [0.1, 0.15) is 33.6 Å². The number of amides is 2. The largest absolute Gasteiger partial charge is 0.460 e. The van der Waals surface area contributed by atoms with Crippen molar-refractivity contribution in [3.05, 3.63) is 24.3 Å². The van der Waals surface area contributed by atoms with E-state index >= 15 is 0 Å². The van der Waals surface area contributed by atoms with E-state index in [9.17, 15) is 19.2 Å². The molecule has 0 rings (SSSR count). The van der Waals surface area contributed by atoms with E-state index < -0.39 is 24.1 Å². The molecule has 0 heterocycles. The molecule has 2 amide bonds. The van der Waals surface area contributed by atoms with Crippen molar-refractivity contribution in [1.82, 2.24) is 10.6 Å². The summed E-state index contributed by atoms with van der Waals surface area (Å²) >= 11 is 0. The van der Waals surface area contributed by atoms with E-state index in [0.717, 1.165) is 0 Å². The van der Waals surface area contributed by atoms with Crippen molar-refractivity contribution in [3.63, 3.8) is 0 Å². The van der Waals surface area contributed by atoms with Gasteiger partial charge in [-0.2, -0.15) is 0 Å². The maximum atomic E-state index is 11.6. The van der Waals surface area contributed by atoms with Crippen LogP contribution >= 0.6 is 0 Å². The molecule has 10 nitrogen and oxygen atoms in total. The van der Waals surface area contributed by atoms with Crippen molar-refractivity contribution in [1.29, 1.82) is 0 Å². The zero-order chi connectivity index (χ0) is 22.2. The summed E-state index contributed by atoms with van der Waals surface area (Å²) in [6, 6.07) is 0. The topological polar surface area (TPSA) is 129 Å². The van der Waals surface area contributed by atoms with Crippen molar-refractivity contribution in [2.24, 2.45) is 0 Å². The van der Waals surface area contributed by atoms with Crippen LogP contribution in [0.5, 0.6) is 0 Å². The lowest BCUT2D eigenvalue weighted by molar-refractivity contribution is -0.139. The number of hydrogen-bond donors (Lipinski definition) is 2. The van der Waals surface area contributed by atoms with Crippen LogP contribution in [-0.2, 0) is 28.5 Å². The Labute approximate surface area is 170 Å². The molecule has 0 saturated carbocycles. The molecule has 0 fully saturated rings. The Balaban J connectivity index is 3.68. The van der Waals surface area contributed by atoms with Crippen LogP contribution in [0.3, 0.4) is 0 Å². The van der Waals surface area contributed by atoms with Crippen LogP contribution in [0, 0.1) is 0 Å². The Kier molecular flexibility index (Phi) is 13.4. The van der Waals surface area contributed by atoms with E-state index in [2.05, 4.69) is 23.8 Å². The van der Waals surface area contributed by atoms with Gasteiger partial charge in [0.15, 0.2) is 0 Å². The summed E-state index contributed by atoms with van der Waals surface area (Å²) < 4.78 is 19.7. The SMILES string of the molecule is C=C(C)C(=O)OCCNC(=O)OCCCC(C)OC(=O)NCCOC(=O)C(=C)C. The highest BCUT2D eigenvalue weighted by Crippen LogP contribution is 2.02. The number of ether oxygens (including phenoxy) is 4. The highest BCUT2D eigenvalue weighted by atomic mass is 16.6. The molecule has 10 heteroatoms. The van der Waals surface area contributed by atoms with Crippen LogP contribution in [0.2, 0.25) is 0 Å². The van der Waals surface area contributed by atoms with E-state index in [0.29, 0.717) is 12.8 Å². The van der Waals surface area contributed by atoms with Crippen molar-refractivity contribution in [2.75, 3.05) is 32.9 Å². The van der Waals surface area contributed by atoms with Gasteiger partial charge in [0.1, 0.15) is 19.3 Å². The van der Waals surface area contributed by atoms with Gasteiger partial charge in [-0.1, -0.05) is 13.2 Å². The predicted molar refractivity (Wildman–Crippen MR) is 104 cm³/mol. The Morgan fingerprint density at radius 2 is 1.28 bits per heavy atom. The first-order valence-electron chi connectivity index (χ1n) is 9.13. The number of alkyl carbamates (subject to hydrolysis) is 2. The second kappa shape index (κ2) is 14.9. The summed E-state index contributed by atoms with van der Waals surface area (Å²) in [7, 11) is 0. The first-order valence-corrected chi connectivity index (χ1v) is 9.13. The summed E-state index contributed by atoms with van der Waals surface area (Å²) in [5.74, 6) is -1.04. The molecule has 0 aliphatic heterocycles. The van der Waals surface area contributed by atoms with E-state index in [1.54, 1.807) is 6.92 Å². The van der Waals surface area contributed by atoms with Crippen molar-refractivity contribution < 1.29 is 38.1 Å². The van der Waals surface area contributed by atoms with Gasteiger partial charge in [0.05, 0.1) is 19.7 Å². The van der Waals surface area contributed by atoms with Crippen LogP contribution in [0.15, 0.2) is 24.3 Å². The van der Waals surface area contributed by atoms with Gasteiger partial charge >= 0.3 is 24.1 Å². The summed E-state index contributed by atoms with van der Waals surface area (Å²) in [6.07, 6.45) is -0.676. The van der Waals surface area contributed by atoms with Gasteiger partial charge in [-0.15, -0.1) is 0 Å². The minimum Gasteiger partial charge on any atom is -0.460 e. The molecule has 0 spiro atoms. The monoisotopic (exact) mass is 414 g/mol. The number of nitrogens with one attached hydrogen (secondary N) is 2. The highest BCUT2D eigenvalue weighted by Gasteiger charge is 2.10. The number of hydrogen-bond acceptors (Lipinski definition) is 8. The molecule has 0 aromatic heterocycles. The normalized spacial score (nSPS) is 10.9. The van der Waals surface area contributed by atoms with Gasteiger partial charge in [-0.05, 0) is 33.6 Å². The maximum Gasteiger partial charge on any atom is 0.407 e. The Morgan fingerprint density at radius 3 is 1.76 bits per heavy atom. The molecular formula is C19H30N2O8. The molecule has 0 aromatic carbocycles. The predicted octanol–water partition coefficient (Wildman–Crippen LogP) is 1.85. The molecule has 164 valence electrons. The third-order valence-corrected chi connectivity index (χ3v) is 3.20. The van der Waals surface area contributed by atoms with E-state index in [4.69, 9.17) is 18.9 Å². The number of carbonyl (C=O) groups excluding carboxylic acids is 4. The second-order valence-corrected chi connectivity index (χ2v) is 6.18. The van der Waals surface area contributed by atoms with E-state index in [1.165, 1.54) is 13.8 Å². The standard InChI is InChI=1S/C19H30N2O8/c1-13(2)16(22)26-11-8-20-18(24)28-10-6-7-15(5)29-19(25)21-9-12-27-17(23)14(3)4/h15H,1,3,6-12H2,2,4-5H3,(H,20,24)(H,21,25). The lowest BCUT2D eigenvalue weighted by Crippen LogP contribution is -2.31. The smallest absolute Gasteiger partial charge is 0.407 e. The summed E-state index contributed by atoms with van der Waals surface area (Å²) in [5.41, 5.74) is 0.562. The first-order chi connectivity index (χ1) is 13.6. The Hall–Kier alpha value is -3.04. The fourth-order valence-corrected chi connectivity index (χ4v) is 1.71. The van der Waals surface area contributed by atoms with Gasteiger partial charge in [-0.25, -0.2) is 19.2 Å². The number of rotatable bonds is 13. The maximum absolute atomic E-state index is 11.6. The molecule has 2 N–H and O–H groups in total. The van der Waals surface area contributed by atoms with Gasteiger partial charge < -0.3 is 29.6 Å². The molecule has 0 bridgehead atoms. The minimum absolute atomic E-state index is 0.0184. The average Bonchev–Trinajstić information content (AvgIpc) is 2.65. The summed E-state index contributed by atoms with van der Waals surface area (Å²) in [6.45, 7) is 12.1. The van der Waals surface area contributed by atoms with Gasteiger partial charge in [0.2, 0.25) is 0 Å². The third-order valence-electron chi connectivity index (χ3n) is 3.20.